The molecule has 3 atom stereocenters. The van der Waals surface area contributed by atoms with Crippen molar-refractivity contribution in [3.63, 3.8) is 0 Å². The Morgan fingerprint density at radius 3 is 2.70 bits per heavy atom. The van der Waals surface area contributed by atoms with Crippen molar-refractivity contribution in [3.05, 3.63) is 22.4 Å². The minimum Gasteiger partial charge on any atom is -0.469 e. The van der Waals surface area contributed by atoms with Crippen LogP contribution in [0, 0.1) is 11.8 Å². The van der Waals surface area contributed by atoms with Crippen LogP contribution in [0.4, 0.5) is 0 Å². The molecule has 1 aromatic heterocycles. The van der Waals surface area contributed by atoms with Gasteiger partial charge in [0.2, 0.25) is 5.91 Å². The van der Waals surface area contributed by atoms with Crippen molar-refractivity contribution in [1.29, 1.82) is 0 Å². The van der Waals surface area contributed by atoms with Crippen LogP contribution in [0.3, 0.4) is 0 Å². The van der Waals surface area contributed by atoms with Gasteiger partial charge in [-0.05, 0) is 28.8 Å². The molecule has 6 nitrogen and oxygen atoms in total. The molecule has 1 aromatic rings. The average Bonchev–Trinajstić information content (AvgIpc) is 3.23. The number of esters is 1. The number of nitrogens with zero attached hydrogens (tertiary/aromatic N) is 1. The Labute approximate surface area is 139 Å². The predicted octanol–water partition coefficient (Wildman–Crippen LogP) is 0.898. The lowest BCUT2D eigenvalue weighted by molar-refractivity contribution is -0.145. The van der Waals surface area contributed by atoms with Crippen LogP contribution < -0.4 is 0 Å². The third kappa shape index (κ3) is 3.28. The van der Waals surface area contributed by atoms with Crippen molar-refractivity contribution >= 4 is 33.1 Å². The zero-order valence-corrected chi connectivity index (χ0v) is 14.4. The van der Waals surface area contributed by atoms with Crippen LogP contribution in [-0.2, 0) is 24.2 Å². The third-order valence-corrected chi connectivity index (χ3v) is 7.16. The van der Waals surface area contributed by atoms with Gasteiger partial charge in [-0.1, -0.05) is 0 Å². The highest BCUT2D eigenvalue weighted by atomic mass is 32.2. The SMILES string of the molecule is COC(=O)[C@@H]1CN(C(=O)[C@@H]2CCS(=O)(=O)C2)C[C@@H]1c1ccsc1. The minimum absolute atomic E-state index is 0.0750. The molecule has 0 N–H and O–H groups in total. The van der Waals surface area contributed by atoms with Crippen LogP contribution in [0.25, 0.3) is 0 Å². The normalized spacial score (nSPS) is 29.6. The van der Waals surface area contributed by atoms with Crippen LogP contribution in [0.15, 0.2) is 16.8 Å². The molecule has 2 saturated heterocycles. The van der Waals surface area contributed by atoms with Crippen LogP contribution >= 0.6 is 11.3 Å². The van der Waals surface area contributed by atoms with Gasteiger partial charge in [0.15, 0.2) is 9.84 Å². The molecular weight excluding hydrogens is 338 g/mol. The first-order valence-electron chi connectivity index (χ1n) is 7.50. The fraction of sp³-hybridized carbons (Fsp3) is 0.600. The van der Waals surface area contributed by atoms with Crippen molar-refractivity contribution in [1.82, 2.24) is 4.90 Å². The fourth-order valence-electron chi connectivity index (χ4n) is 3.45. The molecule has 3 heterocycles. The molecule has 2 aliphatic heterocycles. The first kappa shape index (κ1) is 16.4. The van der Waals surface area contributed by atoms with Gasteiger partial charge >= 0.3 is 5.97 Å². The highest BCUT2D eigenvalue weighted by Gasteiger charge is 2.44. The Morgan fingerprint density at radius 2 is 2.13 bits per heavy atom. The van der Waals surface area contributed by atoms with Gasteiger partial charge in [0.05, 0.1) is 30.5 Å². The van der Waals surface area contributed by atoms with Crippen molar-refractivity contribution in [2.75, 3.05) is 31.7 Å². The predicted molar refractivity (Wildman–Crippen MR) is 85.9 cm³/mol. The zero-order chi connectivity index (χ0) is 16.6. The lowest BCUT2D eigenvalue weighted by Crippen LogP contribution is -2.35. The van der Waals surface area contributed by atoms with E-state index in [0.29, 0.717) is 19.5 Å². The topological polar surface area (TPSA) is 80.8 Å². The molecule has 126 valence electrons. The first-order valence-corrected chi connectivity index (χ1v) is 10.3. The van der Waals surface area contributed by atoms with Crippen molar-refractivity contribution in [3.8, 4) is 0 Å². The first-order chi connectivity index (χ1) is 10.9. The number of carbonyl (C=O) groups is 2. The number of rotatable bonds is 3. The quantitative estimate of drug-likeness (QED) is 0.751. The molecule has 3 rings (SSSR count). The largest absolute Gasteiger partial charge is 0.469 e. The Hall–Kier alpha value is -1.41. The van der Waals surface area contributed by atoms with Gasteiger partial charge in [0.25, 0.3) is 0 Å². The molecule has 2 fully saturated rings. The molecule has 0 aromatic carbocycles. The van der Waals surface area contributed by atoms with Gasteiger partial charge in [-0.25, -0.2) is 8.42 Å². The second kappa shape index (κ2) is 6.24. The summed E-state index contributed by atoms with van der Waals surface area (Å²) in [4.78, 5) is 26.3. The van der Waals surface area contributed by atoms with E-state index in [4.69, 9.17) is 4.74 Å². The number of sulfone groups is 1. The Balaban J connectivity index is 1.77. The summed E-state index contributed by atoms with van der Waals surface area (Å²) in [6.45, 7) is 0.731. The summed E-state index contributed by atoms with van der Waals surface area (Å²) in [5, 5.41) is 3.92. The second-order valence-electron chi connectivity index (χ2n) is 6.14. The van der Waals surface area contributed by atoms with E-state index in [0.717, 1.165) is 5.56 Å². The summed E-state index contributed by atoms with van der Waals surface area (Å²) >= 11 is 1.55. The van der Waals surface area contributed by atoms with E-state index in [2.05, 4.69) is 0 Å². The van der Waals surface area contributed by atoms with Crippen LogP contribution in [0.1, 0.15) is 17.9 Å². The lowest BCUT2D eigenvalue weighted by Gasteiger charge is -2.19. The molecule has 8 heteroatoms. The Kier molecular flexibility index (Phi) is 4.46. The summed E-state index contributed by atoms with van der Waals surface area (Å²) in [5.74, 6) is -1.43. The summed E-state index contributed by atoms with van der Waals surface area (Å²) in [6.07, 6.45) is 0.379. The molecule has 1 amide bonds. The summed E-state index contributed by atoms with van der Waals surface area (Å²) in [5.41, 5.74) is 1.03. The van der Waals surface area contributed by atoms with Crippen molar-refractivity contribution in [2.45, 2.75) is 12.3 Å². The maximum absolute atomic E-state index is 12.6. The van der Waals surface area contributed by atoms with Crippen molar-refractivity contribution < 1.29 is 22.7 Å². The number of amides is 1. The Morgan fingerprint density at radius 1 is 1.35 bits per heavy atom. The molecule has 0 spiro atoms. The average molecular weight is 357 g/mol. The molecule has 23 heavy (non-hydrogen) atoms. The van der Waals surface area contributed by atoms with Crippen LogP contribution in [-0.4, -0.2) is 56.9 Å². The van der Waals surface area contributed by atoms with Gasteiger partial charge in [0, 0.05) is 19.0 Å². The number of hydrogen-bond acceptors (Lipinski definition) is 6. The van der Waals surface area contributed by atoms with Gasteiger partial charge in [-0.2, -0.15) is 11.3 Å². The number of thiophene rings is 1. The van der Waals surface area contributed by atoms with Crippen LogP contribution in [0.5, 0.6) is 0 Å². The van der Waals surface area contributed by atoms with E-state index in [1.807, 2.05) is 16.8 Å². The van der Waals surface area contributed by atoms with E-state index in [-0.39, 0.29) is 29.3 Å². The lowest BCUT2D eigenvalue weighted by atomic mass is 9.91. The molecule has 0 unspecified atom stereocenters. The number of ether oxygens (including phenoxy) is 1. The highest BCUT2D eigenvalue weighted by Crippen LogP contribution is 2.36. The second-order valence-corrected chi connectivity index (χ2v) is 9.14. The van der Waals surface area contributed by atoms with Gasteiger partial charge in [-0.15, -0.1) is 0 Å². The molecular formula is C15H19NO5S2. The number of hydrogen-bond donors (Lipinski definition) is 0. The highest BCUT2D eigenvalue weighted by molar-refractivity contribution is 7.91. The summed E-state index contributed by atoms with van der Waals surface area (Å²) in [7, 11) is -1.75. The number of likely N-dealkylation sites (tertiary alicyclic amines) is 1. The van der Waals surface area contributed by atoms with E-state index in [1.54, 1.807) is 16.2 Å². The monoisotopic (exact) mass is 357 g/mol. The molecule has 0 bridgehead atoms. The van der Waals surface area contributed by atoms with E-state index in [9.17, 15) is 18.0 Å². The number of methoxy groups -OCH3 is 1. The van der Waals surface area contributed by atoms with E-state index >= 15 is 0 Å². The van der Waals surface area contributed by atoms with Crippen molar-refractivity contribution in [2.24, 2.45) is 11.8 Å². The van der Waals surface area contributed by atoms with Crippen LogP contribution in [0.2, 0.25) is 0 Å². The maximum atomic E-state index is 12.6. The maximum Gasteiger partial charge on any atom is 0.311 e. The van der Waals surface area contributed by atoms with E-state index < -0.39 is 21.7 Å². The molecule has 0 saturated carbocycles. The van der Waals surface area contributed by atoms with Gasteiger partial charge in [-0.3, -0.25) is 9.59 Å². The minimum atomic E-state index is -3.10. The summed E-state index contributed by atoms with van der Waals surface area (Å²) < 4.78 is 28.1. The number of carbonyl (C=O) groups excluding carboxylic acids is 2. The van der Waals surface area contributed by atoms with Gasteiger partial charge in [0.1, 0.15) is 0 Å². The molecule has 0 radical (unpaired) electrons. The van der Waals surface area contributed by atoms with E-state index in [1.165, 1.54) is 7.11 Å². The standard InChI is InChI=1S/C15H19NO5S2/c1-21-15(18)13-7-16(6-12(13)10-2-4-22-8-10)14(17)11-3-5-23(19,20)9-11/h2,4,8,11-13H,3,5-7,9H2,1H3/t11-,12-,13-/m1/s1. The zero-order valence-electron chi connectivity index (χ0n) is 12.8. The molecule has 0 aliphatic carbocycles. The Bertz CT molecular complexity index is 697. The smallest absolute Gasteiger partial charge is 0.311 e. The molecule has 2 aliphatic rings. The third-order valence-electron chi connectivity index (χ3n) is 4.69. The van der Waals surface area contributed by atoms with Gasteiger partial charge < -0.3 is 9.64 Å². The fourth-order valence-corrected chi connectivity index (χ4v) is 5.90. The summed E-state index contributed by atoms with van der Waals surface area (Å²) in [6, 6.07) is 1.96.